The van der Waals surface area contributed by atoms with Crippen LogP contribution in [0.25, 0.3) is 0 Å². The Morgan fingerprint density at radius 2 is 1.53 bits per heavy atom. The summed E-state index contributed by atoms with van der Waals surface area (Å²) in [6.45, 7) is 15.5. The normalized spacial score (nSPS) is 11.0. The van der Waals surface area contributed by atoms with E-state index in [1.54, 1.807) is 14.0 Å². The summed E-state index contributed by atoms with van der Waals surface area (Å²) in [6, 6.07) is 8.06. The first-order valence-corrected chi connectivity index (χ1v) is 13.0. The average Bonchev–Trinajstić information content (AvgIpc) is 2.92. The smallest absolute Gasteiger partial charge is 0.305 e. The Balaban J connectivity index is -0.000000480. The molecule has 4 heteroatoms. The number of rotatable bonds is 12. The molecule has 36 heavy (non-hydrogen) atoms. The Morgan fingerprint density at radius 1 is 0.889 bits per heavy atom. The number of carbonyl (C=O) groups excluding carboxylic acids is 1. The molecule has 0 N–H and O–H groups in total. The van der Waals surface area contributed by atoms with Gasteiger partial charge in [-0.2, -0.15) is 0 Å². The Labute approximate surface area is 222 Å². The van der Waals surface area contributed by atoms with E-state index in [0.717, 1.165) is 31.6 Å². The van der Waals surface area contributed by atoms with Crippen molar-refractivity contribution in [3.8, 4) is 5.75 Å². The molecule has 1 aromatic rings. The molecule has 0 unspecified atom stereocenters. The molecule has 4 nitrogen and oxygen atoms in total. The topological polar surface area (TPSA) is 44.8 Å². The van der Waals surface area contributed by atoms with Crippen molar-refractivity contribution in [2.75, 3.05) is 27.4 Å². The fourth-order valence-corrected chi connectivity index (χ4v) is 2.30. The highest BCUT2D eigenvalue weighted by molar-refractivity contribution is 5.68. The maximum Gasteiger partial charge on any atom is 0.305 e. The highest BCUT2D eigenvalue weighted by atomic mass is 16.5. The van der Waals surface area contributed by atoms with Crippen LogP contribution in [0.3, 0.4) is 0 Å². The highest BCUT2D eigenvalue weighted by Gasteiger charge is 1.91. The summed E-state index contributed by atoms with van der Waals surface area (Å²) >= 11 is 0. The quantitative estimate of drug-likeness (QED) is 0.212. The van der Waals surface area contributed by atoms with Crippen LogP contribution in [0.4, 0.5) is 0 Å². The molecule has 1 rings (SSSR count). The Morgan fingerprint density at radius 3 is 2.00 bits per heavy atom. The van der Waals surface area contributed by atoms with E-state index in [4.69, 9.17) is 9.47 Å². The van der Waals surface area contributed by atoms with Gasteiger partial charge in [0.25, 0.3) is 0 Å². The molecule has 0 aliphatic heterocycles. The van der Waals surface area contributed by atoms with Crippen LogP contribution in [0, 0.1) is 6.92 Å². The molecule has 0 aliphatic carbocycles. The monoisotopic (exact) mass is 500 g/mol. The van der Waals surface area contributed by atoms with E-state index in [2.05, 4.69) is 43.7 Å². The molecular formula is C32H52O4. The lowest BCUT2D eigenvalue weighted by Crippen LogP contribution is -1.94. The molecule has 0 spiro atoms. The minimum absolute atomic E-state index is 0.157. The molecule has 204 valence electrons. The van der Waals surface area contributed by atoms with Crippen LogP contribution in [0.2, 0.25) is 0 Å². The van der Waals surface area contributed by atoms with Gasteiger partial charge in [-0.1, -0.05) is 106 Å². The Hall–Kier alpha value is -2.85. The van der Waals surface area contributed by atoms with Gasteiger partial charge in [-0.15, -0.1) is 0 Å². The van der Waals surface area contributed by atoms with Gasteiger partial charge < -0.3 is 14.2 Å². The second-order valence-electron chi connectivity index (χ2n) is 7.13. The SMILES string of the molecule is CC.CC/C=C\C(=C/CC)CCOC.CCC(=O)OC.C\C=C/C=C\C=C\COc1ccc(C)cc1. The first-order chi connectivity index (χ1) is 17.5. The van der Waals surface area contributed by atoms with Crippen molar-refractivity contribution in [1.29, 1.82) is 0 Å². The molecule has 0 heterocycles. The molecule has 0 radical (unpaired) electrons. The van der Waals surface area contributed by atoms with E-state index >= 15 is 0 Å². The minimum Gasteiger partial charge on any atom is -0.490 e. The number of esters is 1. The van der Waals surface area contributed by atoms with Gasteiger partial charge in [-0.3, -0.25) is 4.79 Å². The van der Waals surface area contributed by atoms with Crippen LogP contribution >= 0.6 is 0 Å². The zero-order chi connectivity index (χ0) is 27.9. The lowest BCUT2D eigenvalue weighted by Gasteiger charge is -2.02. The van der Waals surface area contributed by atoms with Gasteiger partial charge in [0.1, 0.15) is 12.4 Å². The molecule has 0 aromatic heterocycles. The second-order valence-corrected chi connectivity index (χ2v) is 7.13. The van der Waals surface area contributed by atoms with Crippen molar-refractivity contribution in [3.63, 3.8) is 0 Å². The van der Waals surface area contributed by atoms with Crippen LogP contribution in [0.15, 0.2) is 84.5 Å². The fourth-order valence-electron chi connectivity index (χ4n) is 2.30. The third-order valence-electron chi connectivity index (χ3n) is 4.17. The summed E-state index contributed by atoms with van der Waals surface area (Å²) in [6.07, 6.45) is 22.3. The Bertz CT molecular complexity index is 732. The first-order valence-electron chi connectivity index (χ1n) is 13.0. The molecule has 0 saturated carbocycles. The van der Waals surface area contributed by atoms with E-state index in [1.165, 1.54) is 18.2 Å². The van der Waals surface area contributed by atoms with Crippen molar-refractivity contribution in [3.05, 3.63) is 90.1 Å². The second kappa shape index (κ2) is 32.1. The largest absolute Gasteiger partial charge is 0.490 e. The predicted octanol–water partition coefficient (Wildman–Crippen LogP) is 8.98. The van der Waals surface area contributed by atoms with Gasteiger partial charge in [0.2, 0.25) is 0 Å². The Kier molecular flexibility index (Phi) is 33.7. The zero-order valence-electron chi connectivity index (χ0n) is 24.4. The molecule has 0 bridgehead atoms. The van der Waals surface area contributed by atoms with Gasteiger partial charge in [-0.05, 0) is 51.3 Å². The molecule has 0 saturated heterocycles. The lowest BCUT2D eigenvalue weighted by molar-refractivity contribution is -0.140. The first kappa shape index (κ1) is 37.7. The average molecular weight is 501 g/mol. The molecular weight excluding hydrogens is 448 g/mol. The maximum atomic E-state index is 9.96. The maximum absolute atomic E-state index is 9.96. The van der Waals surface area contributed by atoms with Crippen molar-refractivity contribution in [1.82, 2.24) is 0 Å². The van der Waals surface area contributed by atoms with E-state index in [1.807, 2.05) is 81.5 Å². The van der Waals surface area contributed by atoms with Crippen molar-refractivity contribution < 1.29 is 19.0 Å². The number of benzene rings is 1. The van der Waals surface area contributed by atoms with Crippen LogP contribution in [-0.2, 0) is 14.3 Å². The fraction of sp³-hybridized carbons (Fsp3) is 0.469. The van der Waals surface area contributed by atoms with E-state index < -0.39 is 0 Å². The summed E-state index contributed by atoms with van der Waals surface area (Å²) in [5.74, 6) is 0.752. The van der Waals surface area contributed by atoms with Gasteiger partial charge in [0.05, 0.1) is 13.7 Å². The van der Waals surface area contributed by atoms with Crippen molar-refractivity contribution >= 4 is 5.97 Å². The summed E-state index contributed by atoms with van der Waals surface area (Å²) < 4.78 is 14.8. The summed E-state index contributed by atoms with van der Waals surface area (Å²) in [4.78, 5) is 9.96. The van der Waals surface area contributed by atoms with Gasteiger partial charge >= 0.3 is 5.97 Å². The van der Waals surface area contributed by atoms with Crippen molar-refractivity contribution in [2.45, 2.75) is 74.1 Å². The number of hydrogen-bond donors (Lipinski definition) is 0. The van der Waals surface area contributed by atoms with Crippen LogP contribution in [-0.4, -0.2) is 33.4 Å². The van der Waals surface area contributed by atoms with E-state index in [9.17, 15) is 4.79 Å². The number of allylic oxidation sites excluding steroid dienone is 8. The molecule has 0 amide bonds. The summed E-state index contributed by atoms with van der Waals surface area (Å²) in [5.41, 5.74) is 2.64. The summed E-state index contributed by atoms with van der Waals surface area (Å²) in [5, 5.41) is 0. The third kappa shape index (κ3) is 29.2. The van der Waals surface area contributed by atoms with E-state index in [-0.39, 0.29) is 5.97 Å². The van der Waals surface area contributed by atoms with Crippen LogP contribution in [0.5, 0.6) is 5.75 Å². The predicted molar refractivity (Wildman–Crippen MR) is 158 cm³/mol. The lowest BCUT2D eigenvalue weighted by atomic mass is 10.1. The molecule has 0 fully saturated rings. The minimum atomic E-state index is -0.157. The van der Waals surface area contributed by atoms with Crippen LogP contribution < -0.4 is 4.74 Å². The standard InChI is InChI=1S/C15H18O.C11H20O.C4H8O2.C2H6/c1-3-4-5-6-7-8-13-16-15-11-9-14(2)10-12-15;1-4-6-8-11(7-5-2)9-10-12-3;1-3-4(5)6-2;1-2/h3-12H,13H2,1-2H3;6-8H,4-5,9-10H2,1-3H3;3H2,1-2H3;1-2H3/b4-3-,6-5-,8-7+;8-6-,11-7+;;. The number of ether oxygens (including phenoxy) is 3. The molecule has 0 atom stereocenters. The number of methoxy groups -OCH3 is 2. The molecule has 1 aromatic carbocycles. The van der Waals surface area contributed by atoms with Gasteiger partial charge in [0.15, 0.2) is 0 Å². The number of hydrogen-bond acceptors (Lipinski definition) is 4. The summed E-state index contributed by atoms with van der Waals surface area (Å²) in [7, 11) is 3.12. The van der Waals surface area contributed by atoms with Gasteiger partial charge in [0, 0.05) is 13.5 Å². The van der Waals surface area contributed by atoms with E-state index in [0.29, 0.717) is 13.0 Å². The van der Waals surface area contributed by atoms with Crippen LogP contribution in [0.1, 0.15) is 72.8 Å². The van der Waals surface area contributed by atoms with Gasteiger partial charge in [-0.25, -0.2) is 0 Å². The highest BCUT2D eigenvalue weighted by Crippen LogP contribution is 2.11. The molecule has 0 aliphatic rings. The van der Waals surface area contributed by atoms with Crippen molar-refractivity contribution in [2.24, 2.45) is 0 Å². The third-order valence-corrected chi connectivity index (χ3v) is 4.17. The number of carbonyl (C=O) groups is 1. The zero-order valence-corrected chi connectivity index (χ0v) is 24.4. The number of aryl methyl sites for hydroxylation is 1.